The van der Waals surface area contributed by atoms with Crippen LogP contribution in [0.4, 0.5) is 0 Å². The topological polar surface area (TPSA) is 41.3 Å². The Morgan fingerprint density at radius 1 is 1.15 bits per heavy atom. The molecule has 4 heteroatoms. The maximum Gasteiger partial charge on any atom is 0.140 e. The predicted molar refractivity (Wildman–Crippen MR) is 104 cm³/mol. The Balaban J connectivity index is 1.57. The first-order chi connectivity index (χ1) is 12.7. The largest absolute Gasteiger partial charge is 0.391 e. The van der Waals surface area contributed by atoms with Gasteiger partial charge in [0.05, 0.1) is 12.6 Å². The normalized spacial score (nSPS) is 25.4. The van der Waals surface area contributed by atoms with Gasteiger partial charge in [-0.1, -0.05) is 19.3 Å². The van der Waals surface area contributed by atoms with Crippen molar-refractivity contribution in [2.45, 2.75) is 77.0 Å². The number of rotatable bonds is 3. The van der Waals surface area contributed by atoms with Gasteiger partial charge in [-0.3, -0.25) is 4.90 Å². The van der Waals surface area contributed by atoms with Crippen LogP contribution in [0.25, 0.3) is 11.0 Å². The Morgan fingerprint density at radius 2 is 2.00 bits per heavy atom. The molecule has 0 spiro atoms. The maximum absolute atomic E-state index is 11.0. The summed E-state index contributed by atoms with van der Waals surface area (Å²) in [6, 6.07) is 2.89. The van der Waals surface area contributed by atoms with Gasteiger partial charge < -0.3 is 9.67 Å². The van der Waals surface area contributed by atoms with Crippen LogP contribution in [0.2, 0.25) is 0 Å². The monoisotopic (exact) mass is 353 g/mol. The number of fused-ring (bicyclic) bond motifs is 5. The summed E-state index contributed by atoms with van der Waals surface area (Å²) in [5, 5.41) is 12.3. The lowest BCUT2D eigenvalue weighted by molar-refractivity contribution is 0.0694. The fourth-order valence-electron chi connectivity index (χ4n) is 5.77. The molecule has 0 aromatic carbocycles. The third-order valence-corrected chi connectivity index (χ3v) is 7.08. The fraction of sp³-hybridized carbons (Fsp3) is 0.682. The van der Waals surface area contributed by atoms with Gasteiger partial charge in [-0.15, -0.1) is 0 Å². The molecule has 2 aromatic heterocycles. The van der Waals surface area contributed by atoms with Crippen molar-refractivity contribution in [3.05, 3.63) is 29.1 Å². The van der Waals surface area contributed by atoms with Crippen LogP contribution in [0.5, 0.6) is 0 Å². The van der Waals surface area contributed by atoms with E-state index in [9.17, 15) is 5.11 Å². The van der Waals surface area contributed by atoms with E-state index in [1.165, 1.54) is 73.7 Å². The summed E-state index contributed by atoms with van der Waals surface area (Å²) in [4.78, 5) is 7.49. The number of aromatic nitrogens is 2. The molecule has 4 heterocycles. The van der Waals surface area contributed by atoms with Gasteiger partial charge in [0, 0.05) is 36.3 Å². The van der Waals surface area contributed by atoms with Crippen LogP contribution in [-0.4, -0.2) is 38.8 Å². The standard InChI is InChI=1S/C22H31N3O/c1-15-12-17-21-18-8-5-10-24(18)11-9-19(21)25(22(17)23-13-15)14-20(26)16-6-3-2-4-7-16/h12-13,16,18,20,26H,2-11,14H2,1H3. The first-order valence-electron chi connectivity index (χ1n) is 10.6. The lowest BCUT2D eigenvalue weighted by Crippen LogP contribution is -2.33. The average molecular weight is 354 g/mol. The molecule has 2 aliphatic heterocycles. The molecular formula is C22H31N3O. The minimum Gasteiger partial charge on any atom is -0.391 e. The summed E-state index contributed by atoms with van der Waals surface area (Å²) in [6.07, 6.45) is 11.7. The Bertz CT molecular complexity index is 805. The quantitative estimate of drug-likeness (QED) is 0.907. The van der Waals surface area contributed by atoms with Crippen LogP contribution in [0.1, 0.15) is 67.8 Å². The molecule has 0 bridgehead atoms. The highest BCUT2D eigenvalue weighted by Crippen LogP contribution is 2.43. The second kappa shape index (κ2) is 6.65. The third kappa shape index (κ3) is 2.69. The van der Waals surface area contributed by atoms with Crippen molar-refractivity contribution >= 4 is 11.0 Å². The lowest BCUT2D eigenvalue weighted by atomic mass is 9.85. The van der Waals surface area contributed by atoms with Crippen molar-refractivity contribution in [1.82, 2.24) is 14.5 Å². The molecular weight excluding hydrogens is 322 g/mol. The van der Waals surface area contributed by atoms with Crippen molar-refractivity contribution in [2.24, 2.45) is 5.92 Å². The van der Waals surface area contributed by atoms with Crippen LogP contribution < -0.4 is 0 Å². The zero-order chi connectivity index (χ0) is 17.7. The maximum atomic E-state index is 11.0. The smallest absolute Gasteiger partial charge is 0.140 e. The van der Waals surface area contributed by atoms with Gasteiger partial charge in [0.1, 0.15) is 5.65 Å². The summed E-state index contributed by atoms with van der Waals surface area (Å²) in [7, 11) is 0. The highest BCUT2D eigenvalue weighted by atomic mass is 16.3. The average Bonchev–Trinajstić information content (AvgIpc) is 3.25. The molecule has 0 radical (unpaired) electrons. The number of pyridine rings is 1. The van der Waals surface area contributed by atoms with E-state index in [1.807, 2.05) is 6.20 Å². The van der Waals surface area contributed by atoms with Crippen LogP contribution in [-0.2, 0) is 13.0 Å². The zero-order valence-electron chi connectivity index (χ0n) is 16.0. The van der Waals surface area contributed by atoms with Crippen LogP contribution in [0.3, 0.4) is 0 Å². The second-order valence-electron chi connectivity index (χ2n) is 8.76. The van der Waals surface area contributed by atoms with Gasteiger partial charge in [0.15, 0.2) is 0 Å². The minimum atomic E-state index is -0.236. The molecule has 1 saturated heterocycles. The summed E-state index contributed by atoms with van der Waals surface area (Å²) >= 11 is 0. The van der Waals surface area contributed by atoms with Gasteiger partial charge in [0.2, 0.25) is 0 Å². The predicted octanol–water partition coefficient (Wildman–Crippen LogP) is 3.98. The van der Waals surface area contributed by atoms with Gasteiger partial charge in [-0.25, -0.2) is 4.98 Å². The third-order valence-electron chi connectivity index (χ3n) is 7.08. The van der Waals surface area contributed by atoms with Crippen LogP contribution >= 0.6 is 0 Å². The van der Waals surface area contributed by atoms with Crippen molar-refractivity contribution in [3.63, 3.8) is 0 Å². The number of aryl methyl sites for hydroxylation is 1. The molecule has 3 aliphatic rings. The van der Waals surface area contributed by atoms with Crippen LogP contribution in [0, 0.1) is 12.8 Å². The van der Waals surface area contributed by atoms with E-state index in [0.717, 1.165) is 25.2 Å². The Labute approximate surface area is 156 Å². The van der Waals surface area contributed by atoms with Gasteiger partial charge in [-0.05, 0) is 62.3 Å². The van der Waals surface area contributed by atoms with Crippen molar-refractivity contribution in [2.75, 3.05) is 13.1 Å². The van der Waals surface area contributed by atoms with E-state index >= 15 is 0 Å². The van der Waals surface area contributed by atoms with E-state index in [4.69, 9.17) is 4.98 Å². The van der Waals surface area contributed by atoms with E-state index < -0.39 is 0 Å². The molecule has 4 nitrogen and oxygen atoms in total. The van der Waals surface area contributed by atoms with Crippen molar-refractivity contribution in [3.8, 4) is 0 Å². The van der Waals surface area contributed by atoms with Crippen molar-refractivity contribution < 1.29 is 5.11 Å². The molecule has 1 N–H and O–H groups in total. The highest BCUT2D eigenvalue weighted by molar-refractivity contribution is 5.84. The zero-order valence-corrected chi connectivity index (χ0v) is 16.0. The van der Waals surface area contributed by atoms with Crippen LogP contribution in [0.15, 0.2) is 12.3 Å². The summed E-state index contributed by atoms with van der Waals surface area (Å²) in [6.45, 7) is 5.26. The number of hydrogen-bond donors (Lipinski definition) is 1. The number of nitrogens with zero attached hydrogens (tertiary/aromatic N) is 3. The molecule has 140 valence electrons. The summed E-state index contributed by atoms with van der Waals surface area (Å²) < 4.78 is 2.39. The van der Waals surface area contributed by atoms with Gasteiger partial charge in [-0.2, -0.15) is 0 Å². The number of aliphatic hydroxyl groups excluding tert-OH is 1. The molecule has 0 amide bonds. The molecule has 1 saturated carbocycles. The Hall–Kier alpha value is -1.39. The molecule has 2 atom stereocenters. The van der Waals surface area contributed by atoms with Crippen molar-refractivity contribution in [1.29, 1.82) is 0 Å². The number of aliphatic hydroxyl groups is 1. The molecule has 2 fully saturated rings. The van der Waals surface area contributed by atoms with Gasteiger partial charge >= 0.3 is 0 Å². The number of hydrogen-bond acceptors (Lipinski definition) is 3. The van der Waals surface area contributed by atoms with E-state index in [-0.39, 0.29) is 6.10 Å². The summed E-state index contributed by atoms with van der Waals surface area (Å²) in [5.41, 5.74) is 5.32. The first kappa shape index (κ1) is 16.8. The molecule has 26 heavy (non-hydrogen) atoms. The molecule has 5 rings (SSSR count). The lowest BCUT2D eigenvalue weighted by Gasteiger charge is -2.32. The molecule has 2 aromatic rings. The van der Waals surface area contributed by atoms with E-state index in [1.54, 1.807) is 0 Å². The minimum absolute atomic E-state index is 0.236. The molecule has 1 aliphatic carbocycles. The van der Waals surface area contributed by atoms with E-state index in [0.29, 0.717) is 12.0 Å². The van der Waals surface area contributed by atoms with Gasteiger partial charge in [0.25, 0.3) is 0 Å². The van der Waals surface area contributed by atoms with E-state index in [2.05, 4.69) is 22.5 Å². The summed E-state index contributed by atoms with van der Waals surface area (Å²) in [5.74, 6) is 0.467. The Morgan fingerprint density at radius 3 is 2.85 bits per heavy atom. The second-order valence-corrected chi connectivity index (χ2v) is 8.76. The highest BCUT2D eigenvalue weighted by Gasteiger charge is 2.36. The first-order valence-corrected chi connectivity index (χ1v) is 10.6. The fourth-order valence-corrected chi connectivity index (χ4v) is 5.77. The molecule has 2 unspecified atom stereocenters. The Kier molecular flexibility index (Phi) is 4.29. The SMILES string of the molecule is Cc1cnc2c(c1)c1c(n2CC(O)C2CCCCC2)CCN2CCCC12.